The molecule has 16 heavy (non-hydrogen) atoms. The van der Waals surface area contributed by atoms with Gasteiger partial charge in [-0.1, -0.05) is 18.2 Å². The number of hydrogen-bond donors (Lipinski definition) is 0. The van der Waals surface area contributed by atoms with Gasteiger partial charge in [-0.2, -0.15) is 0 Å². The van der Waals surface area contributed by atoms with Gasteiger partial charge in [-0.3, -0.25) is 0 Å². The first kappa shape index (κ1) is 9.71. The van der Waals surface area contributed by atoms with Crippen molar-refractivity contribution in [3.8, 4) is 0 Å². The van der Waals surface area contributed by atoms with Crippen LogP contribution < -0.4 is 4.90 Å². The van der Waals surface area contributed by atoms with Gasteiger partial charge in [0.25, 0.3) is 0 Å². The molecule has 0 aliphatic carbocycles. The zero-order chi connectivity index (χ0) is 10.8. The number of nitrogens with zero attached hydrogens (tertiary/aromatic N) is 1. The lowest BCUT2D eigenvalue weighted by Gasteiger charge is -2.28. The molecule has 2 aromatic rings. The van der Waals surface area contributed by atoms with E-state index in [-0.39, 0.29) is 0 Å². The third-order valence-electron chi connectivity index (χ3n) is 3.24. The Morgan fingerprint density at radius 1 is 1.00 bits per heavy atom. The Bertz CT molecular complexity index is 484. The van der Waals surface area contributed by atoms with E-state index in [1.54, 1.807) is 0 Å². The van der Waals surface area contributed by atoms with Crippen LogP contribution in [-0.2, 0) is 0 Å². The third kappa shape index (κ3) is 1.78. The molecule has 1 heterocycles. The highest BCUT2D eigenvalue weighted by molar-refractivity contribution is 5.85. The number of fused-ring (bicyclic) bond motifs is 1. The van der Waals surface area contributed by atoms with Crippen LogP contribution in [0.1, 0.15) is 12.8 Å². The lowest BCUT2D eigenvalue weighted by Crippen LogP contribution is -2.29. The molecule has 2 radical (unpaired) electrons. The zero-order valence-electron chi connectivity index (χ0n) is 9.32. The van der Waals surface area contributed by atoms with Crippen molar-refractivity contribution in [3.63, 3.8) is 0 Å². The molecule has 80 valence electrons. The summed E-state index contributed by atoms with van der Waals surface area (Å²) in [5, 5.41) is 2.58. The van der Waals surface area contributed by atoms with Gasteiger partial charge in [-0.05, 0) is 54.3 Å². The average Bonchev–Trinajstić information content (AvgIpc) is 2.39. The molecule has 0 spiro atoms. The molecule has 1 saturated heterocycles. The van der Waals surface area contributed by atoms with Crippen LogP contribution in [0.15, 0.2) is 36.4 Å². The second kappa shape index (κ2) is 4.17. The first-order valence-corrected chi connectivity index (χ1v) is 5.90. The summed E-state index contributed by atoms with van der Waals surface area (Å²) in [5.41, 5.74) is 1.35. The molecule has 1 nitrogen and oxygen atoms in total. The van der Waals surface area contributed by atoms with E-state index in [0.29, 0.717) is 0 Å². The van der Waals surface area contributed by atoms with Crippen molar-refractivity contribution in [2.45, 2.75) is 12.8 Å². The molecule has 1 aliphatic heterocycles. The molecule has 0 unspecified atom stereocenters. The van der Waals surface area contributed by atoms with E-state index < -0.39 is 0 Å². The Balaban J connectivity index is 1.97. The molecule has 1 fully saturated rings. The first-order valence-electron chi connectivity index (χ1n) is 5.90. The maximum Gasteiger partial charge on any atom is 0.0372 e. The standard InChI is InChI=1S/C15H15N/c1-4-10-16(11-5-1)15-9-8-13-6-2-3-7-14(13)12-15/h1,3,6-9,12H,4-5,10-11H2. The fourth-order valence-corrected chi connectivity index (χ4v) is 2.32. The summed E-state index contributed by atoms with van der Waals surface area (Å²) >= 11 is 0. The lowest BCUT2D eigenvalue weighted by molar-refractivity contribution is 0.679. The van der Waals surface area contributed by atoms with Crippen LogP contribution in [0, 0.1) is 12.5 Å². The molecule has 0 bridgehead atoms. The summed E-state index contributed by atoms with van der Waals surface area (Å²) in [6.45, 7) is 2.31. The Morgan fingerprint density at radius 3 is 2.75 bits per heavy atom. The minimum atomic E-state index is 1.16. The molecule has 2 aromatic carbocycles. The van der Waals surface area contributed by atoms with E-state index in [4.69, 9.17) is 0 Å². The van der Waals surface area contributed by atoms with Gasteiger partial charge in [0.15, 0.2) is 0 Å². The minimum absolute atomic E-state index is 1.16. The van der Waals surface area contributed by atoms with Gasteiger partial charge >= 0.3 is 0 Å². The van der Waals surface area contributed by atoms with Crippen molar-refractivity contribution >= 4 is 16.5 Å². The summed E-state index contributed by atoms with van der Waals surface area (Å²) in [7, 11) is 0. The second-order valence-corrected chi connectivity index (χ2v) is 4.31. The van der Waals surface area contributed by atoms with Crippen molar-refractivity contribution in [1.29, 1.82) is 0 Å². The third-order valence-corrected chi connectivity index (χ3v) is 3.24. The normalized spacial score (nSPS) is 16.6. The largest absolute Gasteiger partial charge is 0.371 e. The highest BCUT2D eigenvalue weighted by atomic mass is 15.1. The van der Waals surface area contributed by atoms with Gasteiger partial charge in [0.05, 0.1) is 0 Å². The van der Waals surface area contributed by atoms with Gasteiger partial charge < -0.3 is 4.90 Å². The van der Waals surface area contributed by atoms with Crippen molar-refractivity contribution in [3.05, 3.63) is 48.9 Å². The maximum absolute atomic E-state index is 3.12. The number of rotatable bonds is 1. The minimum Gasteiger partial charge on any atom is -0.371 e. The SMILES string of the molecule is [c]1ccc2cc(N3CC[CH]CC3)ccc2c1. The molecule has 3 rings (SSSR count). The van der Waals surface area contributed by atoms with Crippen molar-refractivity contribution in [2.24, 2.45) is 0 Å². The van der Waals surface area contributed by atoms with Crippen LogP contribution in [-0.4, -0.2) is 13.1 Å². The molecule has 0 aromatic heterocycles. The quantitative estimate of drug-likeness (QED) is 0.695. The Morgan fingerprint density at radius 2 is 1.88 bits per heavy atom. The fraction of sp³-hybridized carbons (Fsp3) is 0.267. The van der Waals surface area contributed by atoms with Gasteiger partial charge in [0.2, 0.25) is 0 Å². The van der Waals surface area contributed by atoms with E-state index in [0.717, 1.165) is 13.1 Å². The number of anilines is 1. The molecular formula is C15H15N. The topological polar surface area (TPSA) is 3.24 Å². The predicted molar refractivity (Wildman–Crippen MR) is 68.5 cm³/mol. The Labute approximate surface area is 96.7 Å². The number of piperidine rings is 1. The van der Waals surface area contributed by atoms with Gasteiger partial charge in [-0.25, -0.2) is 0 Å². The van der Waals surface area contributed by atoms with Gasteiger partial charge in [0.1, 0.15) is 0 Å². The number of benzene rings is 2. The van der Waals surface area contributed by atoms with E-state index in [2.05, 4.69) is 41.7 Å². The average molecular weight is 209 g/mol. The molecule has 0 amide bonds. The highest BCUT2D eigenvalue weighted by Crippen LogP contribution is 2.24. The molecular weight excluding hydrogens is 194 g/mol. The summed E-state index contributed by atoms with van der Waals surface area (Å²) in [5.74, 6) is 0. The van der Waals surface area contributed by atoms with Crippen molar-refractivity contribution in [2.75, 3.05) is 18.0 Å². The van der Waals surface area contributed by atoms with Crippen molar-refractivity contribution < 1.29 is 0 Å². The second-order valence-electron chi connectivity index (χ2n) is 4.31. The van der Waals surface area contributed by atoms with E-state index in [1.807, 2.05) is 12.1 Å². The zero-order valence-corrected chi connectivity index (χ0v) is 9.32. The summed E-state index contributed by atoms with van der Waals surface area (Å²) in [6, 6.07) is 16.0. The maximum atomic E-state index is 3.12. The summed E-state index contributed by atoms with van der Waals surface area (Å²) < 4.78 is 0. The van der Waals surface area contributed by atoms with Crippen LogP contribution in [0.25, 0.3) is 10.8 Å². The molecule has 1 aliphatic rings. The number of hydrogen-bond acceptors (Lipinski definition) is 1. The molecule has 1 heteroatoms. The summed E-state index contributed by atoms with van der Waals surface area (Å²) in [6.07, 6.45) is 4.80. The van der Waals surface area contributed by atoms with Crippen LogP contribution >= 0.6 is 0 Å². The Kier molecular flexibility index (Phi) is 2.53. The van der Waals surface area contributed by atoms with Gasteiger partial charge in [0, 0.05) is 18.8 Å². The lowest BCUT2D eigenvalue weighted by atomic mass is 10.1. The van der Waals surface area contributed by atoms with Crippen LogP contribution in [0.3, 0.4) is 0 Å². The van der Waals surface area contributed by atoms with Crippen LogP contribution in [0.4, 0.5) is 5.69 Å². The van der Waals surface area contributed by atoms with Crippen molar-refractivity contribution in [1.82, 2.24) is 0 Å². The first-order chi connectivity index (χ1) is 7.93. The summed E-state index contributed by atoms with van der Waals surface area (Å²) in [4.78, 5) is 2.47. The fourth-order valence-electron chi connectivity index (χ4n) is 2.32. The monoisotopic (exact) mass is 209 g/mol. The predicted octanol–water partition coefficient (Wildman–Crippen LogP) is 3.44. The van der Waals surface area contributed by atoms with Crippen LogP contribution in [0.2, 0.25) is 0 Å². The van der Waals surface area contributed by atoms with E-state index in [9.17, 15) is 0 Å². The van der Waals surface area contributed by atoms with Gasteiger partial charge in [-0.15, -0.1) is 0 Å². The molecule has 0 saturated carbocycles. The smallest absolute Gasteiger partial charge is 0.0372 e. The van der Waals surface area contributed by atoms with E-state index in [1.165, 1.54) is 29.3 Å². The molecule has 0 atom stereocenters. The Hall–Kier alpha value is -1.50. The van der Waals surface area contributed by atoms with E-state index >= 15 is 0 Å². The highest BCUT2D eigenvalue weighted by Gasteiger charge is 2.10. The molecule has 0 N–H and O–H groups in total. The van der Waals surface area contributed by atoms with Crippen LogP contribution in [0.5, 0.6) is 0 Å².